The van der Waals surface area contributed by atoms with Crippen LogP contribution in [0.2, 0.25) is 0 Å². The minimum absolute atomic E-state index is 0.398. The number of nitrogen functional groups attached to an aromatic ring is 1. The van der Waals surface area contributed by atoms with Crippen LogP contribution in [-0.4, -0.2) is 45.6 Å². The molecular formula is C32H38N6O. The van der Waals surface area contributed by atoms with E-state index in [-0.39, 0.29) is 0 Å². The Hall–Kier alpha value is -3.84. The van der Waals surface area contributed by atoms with Gasteiger partial charge in [0.15, 0.2) is 0 Å². The summed E-state index contributed by atoms with van der Waals surface area (Å²) in [4.78, 5) is 11.5. The minimum atomic E-state index is 0.398. The Morgan fingerprint density at radius 2 is 1.85 bits per heavy atom. The zero-order valence-electron chi connectivity index (χ0n) is 22.6. The summed E-state index contributed by atoms with van der Waals surface area (Å²) in [5.74, 6) is 1.96. The molecule has 0 amide bonds. The van der Waals surface area contributed by atoms with Gasteiger partial charge in [-0.3, -0.25) is 4.90 Å². The van der Waals surface area contributed by atoms with Crippen LogP contribution in [0.25, 0.3) is 22.2 Å². The third-order valence-corrected chi connectivity index (χ3v) is 8.14. The van der Waals surface area contributed by atoms with Crippen LogP contribution in [0.5, 0.6) is 5.75 Å². The predicted octanol–water partition coefficient (Wildman–Crippen LogP) is 5.80. The number of hydrogen-bond acceptors (Lipinski definition) is 6. The summed E-state index contributed by atoms with van der Waals surface area (Å²) >= 11 is 0. The second-order valence-electron chi connectivity index (χ2n) is 11.0. The van der Waals surface area contributed by atoms with E-state index >= 15 is 0 Å². The van der Waals surface area contributed by atoms with E-state index in [9.17, 15) is 0 Å². The van der Waals surface area contributed by atoms with Gasteiger partial charge in [0.2, 0.25) is 0 Å². The number of piperidine rings is 1. The lowest BCUT2D eigenvalue weighted by Gasteiger charge is -2.37. The number of fused-ring (bicyclic) bond motifs is 1. The van der Waals surface area contributed by atoms with Crippen molar-refractivity contribution in [1.29, 1.82) is 0 Å². The first-order valence-electron chi connectivity index (χ1n) is 14.2. The molecule has 1 aliphatic carbocycles. The normalized spacial score (nSPS) is 19.5. The van der Waals surface area contributed by atoms with Crippen LogP contribution >= 0.6 is 0 Å². The lowest BCUT2D eigenvalue weighted by molar-refractivity contribution is 0.196. The van der Waals surface area contributed by atoms with E-state index in [0.717, 1.165) is 65.1 Å². The molecule has 2 aromatic heterocycles. The number of anilines is 1. The highest BCUT2D eigenvalue weighted by molar-refractivity contribution is 6.00. The molecule has 2 fully saturated rings. The number of nitrogens with zero attached hydrogens (tertiary/aromatic N) is 4. The molecule has 1 aliphatic heterocycles. The maximum absolute atomic E-state index is 6.41. The number of nitrogens with two attached hydrogens (primary N) is 1. The zero-order chi connectivity index (χ0) is 26.6. The topological polar surface area (TPSA) is 81.2 Å². The Kier molecular flexibility index (Phi) is 7.50. The summed E-state index contributed by atoms with van der Waals surface area (Å²) in [6, 6.07) is 18.8. The molecule has 0 spiro atoms. The number of hydrogen-bond donors (Lipinski definition) is 2. The molecule has 1 saturated heterocycles. The molecule has 0 unspecified atom stereocenters. The van der Waals surface area contributed by atoms with Crippen molar-refractivity contribution >= 4 is 16.9 Å². The van der Waals surface area contributed by atoms with Crippen LogP contribution in [0, 0.1) is 5.92 Å². The Balaban J connectivity index is 1.13. The Labute approximate surface area is 230 Å². The van der Waals surface area contributed by atoms with Crippen molar-refractivity contribution in [1.82, 2.24) is 24.8 Å². The zero-order valence-corrected chi connectivity index (χ0v) is 22.6. The van der Waals surface area contributed by atoms with Gasteiger partial charge in [-0.25, -0.2) is 9.97 Å². The number of benzene rings is 2. The molecule has 4 aromatic rings. The number of aromatic nitrogens is 3. The Bertz CT molecular complexity index is 1420. The lowest BCUT2D eigenvalue weighted by atomic mass is 9.80. The first kappa shape index (κ1) is 25.4. The number of likely N-dealkylation sites (tertiary alicyclic amines) is 1. The second-order valence-corrected chi connectivity index (χ2v) is 11.0. The van der Waals surface area contributed by atoms with E-state index in [0.29, 0.717) is 24.4 Å². The molecule has 0 radical (unpaired) electrons. The third kappa shape index (κ3) is 5.78. The molecule has 2 aromatic carbocycles. The van der Waals surface area contributed by atoms with E-state index in [1.807, 2.05) is 30.3 Å². The Morgan fingerprint density at radius 1 is 1.03 bits per heavy atom. The van der Waals surface area contributed by atoms with Crippen molar-refractivity contribution in [2.24, 2.45) is 5.92 Å². The summed E-state index contributed by atoms with van der Waals surface area (Å²) in [5.41, 5.74) is 11.7. The minimum Gasteiger partial charge on any atom is -0.489 e. The first-order chi connectivity index (χ1) is 19.1. The van der Waals surface area contributed by atoms with Gasteiger partial charge in [0.1, 0.15) is 30.1 Å². The maximum atomic E-state index is 6.41. The fourth-order valence-corrected chi connectivity index (χ4v) is 5.93. The quantitative estimate of drug-likeness (QED) is 0.274. The number of rotatable bonds is 10. The van der Waals surface area contributed by atoms with Crippen LogP contribution in [0.3, 0.4) is 0 Å². The van der Waals surface area contributed by atoms with Gasteiger partial charge in [-0.1, -0.05) is 55.5 Å². The second kappa shape index (κ2) is 11.5. The van der Waals surface area contributed by atoms with Crippen molar-refractivity contribution in [2.75, 3.05) is 31.9 Å². The highest BCUT2D eigenvalue weighted by Crippen LogP contribution is 2.43. The molecular weight excluding hydrogens is 484 g/mol. The SMILES string of the molecule is C=C(CN1CCCCC1)NCC1CC(n2cc(-c3cccc(OCc4ccccc4)c3)c3c(N)ncnc32)C1. The fourth-order valence-electron chi connectivity index (χ4n) is 5.93. The van der Waals surface area contributed by atoms with Crippen molar-refractivity contribution in [3.8, 4) is 16.9 Å². The van der Waals surface area contributed by atoms with E-state index in [1.54, 1.807) is 6.33 Å². The molecule has 39 heavy (non-hydrogen) atoms. The van der Waals surface area contributed by atoms with Gasteiger partial charge in [0.05, 0.1) is 5.39 Å². The summed E-state index contributed by atoms with van der Waals surface area (Å²) in [6.07, 6.45) is 9.97. The van der Waals surface area contributed by atoms with E-state index < -0.39 is 0 Å². The summed E-state index contributed by atoms with van der Waals surface area (Å²) < 4.78 is 8.41. The standard InChI is InChI=1S/C32H38N6O/c1-23(19-37-13-6-3-7-14-37)34-18-25-15-27(16-25)38-20-29(30-31(33)35-22-36-32(30)38)26-11-8-12-28(17-26)39-21-24-9-4-2-5-10-24/h2,4-5,8-12,17,20,22,25,27,34H,1,3,6-7,13-16,18-19,21H2,(H2,33,35,36). The van der Waals surface area contributed by atoms with Crippen molar-refractivity contribution in [3.63, 3.8) is 0 Å². The molecule has 7 nitrogen and oxygen atoms in total. The van der Waals surface area contributed by atoms with Gasteiger partial charge in [-0.15, -0.1) is 0 Å². The van der Waals surface area contributed by atoms with Gasteiger partial charge in [0.25, 0.3) is 0 Å². The molecule has 6 rings (SSSR count). The molecule has 7 heteroatoms. The van der Waals surface area contributed by atoms with Crippen molar-refractivity contribution in [2.45, 2.75) is 44.8 Å². The molecule has 0 atom stereocenters. The summed E-state index contributed by atoms with van der Waals surface area (Å²) in [5, 5.41) is 4.52. The lowest BCUT2D eigenvalue weighted by Crippen LogP contribution is -2.38. The van der Waals surface area contributed by atoms with Gasteiger partial charge in [-0.2, -0.15) is 0 Å². The van der Waals surface area contributed by atoms with Crippen LogP contribution in [0.15, 0.2) is 79.4 Å². The molecule has 1 saturated carbocycles. The maximum Gasteiger partial charge on any atom is 0.146 e. The highest BCUT2D eigenvalue weighted by Gasteiger charge is 2.32. The average molecular weight is 523 g/mol. The smallest absolute Gasteiger partial charge is 0.146 e. The van der Waals surface area contributed by atoms with Crippen molar-refractivity contribution in [3.05, 3.63) is 85.0 Å². The third-order valence-electron chi connectivity index (χ3n) is 8.14. The molecule has 3 N–H and O–H groups in total. The first-order valence-corrected chi connectivity index (χ1v) is 14.2. The summed E-state index contributed by atoms with van der Waals surface area (Å²) in [6.45, 7) is 9.15. The van der Waals surface area contributed by atoms with Gasteiger partial charge >= 0.3 is 0 Å². The number of ether oxygens (including phenoxy) is 1. The van der Waals surface area contributed by atoms with Gasteiger partial charge in [-0.05, 0) is 68.0 Å². The molecule has 3 heterocycles. The molecule has 202 valence electrons. The van der Waals surface area contributed by atoms with Gasteiger partial charge in [0, 0.05) is 36.6 Å². The van der Waals surface area contributed by atoms with Gasteiger partial charge < -0.3 is 20.4 Å². The molecule has 0 bridgehead atoms. The molecule has 2 aliphatic rings. The van der Waals surface area contributed by atoms with Crippen molar-refractivity contribution < 1.29 is 4.74 Å². The van der Waals surface area contributed by atoms with Crippen LogP contribution in [0.4, 0.5) is 5.82 Å². The highest BCUT2D eigenvalue weighted by atomic mass is 16.5. The average Bonchev–Trinajstić information content (AvgIpc) is 3.33. The fraction of sp³-hybridized carbons (Fsp3) is 0.375. The van der Waals surface area contributed by atoms with E-state index in [1.165, 1.54) is 32.4 Å². The van der Waals surface area contributed by atoms with E-state index in [4.69, 9.17) is 10.5 Å². The van der Waals surface area contributed by atoms with Crippen LogP contribution in [-0.2, 0) is 6.61 Å². The van der Waals surface area contributed by atoms with Crippen LogP contribution < -0.4 is 15.8 Å². The predicted molar refractivity (Wildman–Crippen MR) is 157 cm³/mol. The van der Waals surface area contributed by atoms with Crippen LogP contribution in [0.1, 0.15) is 43.7 Å². The van der Waals surface area contributed by atoms with E-state index in [2.05, 4.69) is 61.8 Å². The Morgan fingerprint density at radius 3 is 2.67 bits per heavy atom. The monoisotopic (exact) mass is 522 g/mol. The largest absolute Gasteiger partial charge is 0.489 e. The summed E-state index contributed by atoms with van der Waals surface area (Å²) in [7, 11) is 0. The number of nitrogens with one attached hydrogen (secondary N) is 1.